The molecule has 1 unspecified atom stereocenters. The molecule has 168 valence electrons. The number of benzene rings is 1. The normalized spacial score (nSPS) is 38.9. The van der Waals surface area contributed by atoms with Gasteiger partial charge in [0.2, 0.25) is 0 Å². The molecule has 6 bridgehead atoms. The molecule has 8 rings (SSSR count). The molecule has 32 heavy (non-hydrogen) atoms. The highest BCUT2D eigenvalue weighted by Gasteiger charge is 2.54. The van der Waals surface area contributed by atoms with Crippen LogP contribution in [0.3, 0.4) is 0 Å². The van der Waals surface area contributed by atoms with Crippen molar-refractivity contribution in [1.82, 2.24) is 9.88 Å². The minimum absolute atomic E-state index is 0.581. The summed E-state index contributed by atoms with van der Waals surface area (Å²) >= 11 is 0. The van der Waals surface area contributed by atoms with Crippen LogP contribution in [0, 0.1) is 11.8 Å². The Kier molecular flexibility index (Phi) is 4.58. The standard InChI is InChI=1S/C28H37BN2O/c1-3-17-16-31-26-14-23-21-11-10-20(32-2)12-25(21)30-28(23)27(31)13-22(17)24(26)15-29-18-6-4-7-19(29)9-5-8-18/h3,10-12,18-19,22,24,26-27,30H,4-9,13-16H2,1-2H3/b17-3-/t18?,19?,22-,24+,26+,27+/m1/s1. The average molecular weight is 428 g/mol. The Hall–Kier alpha value is -1.68. The van der Waals surface area contributed by atoms with Crippen LogP contribution in [0.5, 0.6) is 5.75 Å². The van der Waals surface area contributed by atoms with Crippen molar-refractivity contribution in [2.24, 2.45) is 11.8 Å². The van der Waals surface area contributed by atoms with E-state index in [0.29, 0.717) is 6.04 Å². The Morgan fingerprint density at radius 3 is 2.66 bits per heavy atom. The van der Waals surface area contributed by atoms with E-state index in [1.807, 2.05) is 0 Å². The molecule has 5 saturated heterocycles. The first kappa shape index (κ1) is 19.8. The lowest BCUT2D eigenvalue weighted by atomic mass is 9.24. The molecule has 3 nitrogen and oxygen atoms in total. The van der Waals surface area contributed by atoms with Gasteiger partial charge in [0.15, 0.2) is 0 Å². The highest BCUT2D eigenvalue weighted by Crippen LogP contribution is 2.58. The number of nitrogens with zero attached hydrogens (tertiary/aromatic N) is 1. The van der Waals surface area contributed by atoms with Crippen LogP contribution in [0.15, 0.2) is 29.8 Å². The summed E-state index contributed by atoms with van der Waals surface area (Å²) in [5, 5.41) is 1.44. The van der Waals surface area contributed by atoms with E-state index < -0.39 is 0 Å². The average Bonchev–Trinajstić information content (AvgIpc) is 3.18. The van der Waals surface area contributed by atoms with Crippen molar-refractivity contribution in [2.75, 3.05) is 13.7 Å². The van der Waals surface area contributed by atoms with Gasteiger partial charge in [-0.3, -0.25) is 4.90 Å². The summed E-state index contributed by atoms with van der Waals surface area (Å²) in [5.74, 6) is 4.68. The van der Waals surface area contributed by atoms with E-state index in [9.17, 15) is 0 Å². The van der Waals surface area contributed by atoms with Crippen LogP contribution in [0.4, 0.5) is 0 Å². The second kappa shape index (κ2) is 7.42. The first-order valence-corrected chi connectivity index (χ1v) is 13.3. The van der Waals surface area contributed by atoms with Crippen LogP contribution in [0.25, 0.3) is 10.9 Å². The van der Waals surface area contributed by atoms with Gasteiger partial charge in [0.25, 0.3) is 0 Å². The smallest absolute Gasteiger partial charge is 0.146 e. The number of methoxy groups -OCH3 is 1. The highest BCUT2D eigenvalue weighted by molar-refractivity contribution is 6.62. The van der Waals surface area contributed by atoms with Gasteiger partial charge in [0.1, 0.15) is 12.5 Å². The number of rotatable bonds is 3. The van der Waals surface area contributed by atoms with E-state index in [4.69, 9.17) is 4.74 Å². The van der Waals surface area contributed by atoms with E-state index in [-0.39, 0.29) is 0 Å². The van der Waals surface area contributed by atoms with Crippen molar-refractivity contribution in [2.45, 2.75) is 88.3 Å². The van der Waals surface area contributed by atoms with E-state index in [1.165, 1.54) is 80.8 Å². The summed E-state index contributed by atoms with van der Waals surface area (Å²) < 4.78 is 5.52. The molecule has 0 amide bonds. The minimum atomic E-state index is 0.581. The lowest BCUT2D eigenvalue weighted by Crippen LogP contribution is -2.60. The Bertz CT molecular complexity index is 1050. The quantitative estimate of drug-likeness (QED) is 0.438. The molecule has 0 spiro atoms. The third-order valence-electron chi connectivity index (χ3n) is 10.5. The van der Waals surface area contributed by atoms with Gasteiger partial charge in [-0.2, -0.15) is 0 Å². The van der Waals surface area contributed by atoms with Crippen LogP contribution in [0.2, 0.25) is 18.0 Å². The van der Waals surface area contributed by atoms with E-state index in [0.717, 1.165) is 42.0 Å². The maximum absolute atomic E-state index is 5.52. The molecule has 5 fully saturated rings. The van der Waals surface area contributed by atoms with Crippen molar-refractivity contribution in [3.8, 4) is 5.75 Å². The summed E-state index contributed by atoms with van der Waals surface area (Å²) in [6, 6.07) is 7.96. The molecule has 4 heteroatoms. The fourth-order valence-electron chi connectivity index (χ4n) is 9.07. The number of hydrogen-bond donors (Lipinski definition) is 1. The second-order valence-corrected chi connectivity index (χ2v) is 11.5. The van der Waals surface area contributed by atoms with Gasteiger partial charge < -0.3 is 9.72 Å². The molecule has 1 aromatic heterocycles. The predicted octanol–water partition coefficient (Wildman–Crippen LogP) is 6.64. The SMILES string of the molecule is C/C=C1/CN2[C@H]3C[C@H]1[C@H](CB1C4CCCC1CCC4)[C@@H]2Cc1c3[nH]c2cc(OC)ccc12. The van der Waals surface area contributed by atoms with E-state index in [1.54, 1.807) is 18.2 Å². The largest absolute Gasteiger partial charge is 0.497 e. The second-order valence-electron chi connectivity index (χ2n) is 11.5. The van der Waals surface area contributed by atoms with Gasteiger partial charge >= 0.3 is 0 Å². The predicted molar refractivity (Wildman–Crippen MR) is 133 cm³/mol. The lowest BCUT2D eigenvalue weighted by molar-refractivity contribution is -0.0244. The molecule has 1 aromatic carbocycles. The van der Waals surface area contributed by atoms with Crippen molar-refractivity contribution >= 4 is 17.6 Å². The lowest BCUT2D eigenvalue weighted by Gasteiger charge is -2.60. The highest BCUT2D eigenvalue weighted by atomic mass is 16.5. The van der Waals surface area contributed by atoms with Crippen LogP contribution >= 0.6 is 0 Å². The van der Waals surface area contributed by atoms with Crippen molar-refractivity contribution in [3.05, 3.63) is 41.1 Å². The van der Waals surface area contributed by atoms with Crippen LogP contribution in [-0.4, -0.2) is 36.3 Å². The number of allylic oxidation sites excluding steroid dienone is 1. The number of piperidine rings is 3. The summed E-state index contributed by atoms with van der Waals surface area (Å²) in [5.41, 5.74) is 6.14. The summed E-state index contributed by atoms with van der Waals surface area (Å²) in [6.45, 7) is 4.50. The molecular weight excluding hydrogens is 391 g/mol. The zero-order valence-corrected chi connectivity index (χ0v) is 19.8. The maximum atomic E-state index is 5.52. The van der Waals surface area contributed by atoms with Gasteiger partial charge in [-0.15, -0.1) is 0 Å². The Morgan fingerprint density at radius 1 is 1.16 bits per heavy atom. The molecule has 6 aliphatic rings. The molecule has 0 aliphatic carbocycles. The number of nitrogens with one attached hydrogen (secondary N) is 1. The van der Waals surface area contributed by atoms with Gasteiger partial charge in [0.05, 0.1) is 13.2 Å². The number of aromatic amines is 1. The molecule has 1 N–H and O–H groups in total. The number of H-pyrrole nitrogens is 1. The zero-order valence-electron chi connectivity index (χ0n) is 19.8. The topological polar surface area (TPSA) is 28.3 Å². The first-order valence-electron chi connectivity index (χ1n) is 13.3. The van der Waals surface area contributed by atoms with Crippen LogP contribution in [0.1, 0.15) is 69.2 Å². The first-order chi connectivity index (χ1) is 15.7. The number of hydrogen-bond acceptors (Lipinski definition) is 2. The number of fused-ring (bicyclic) bond motifs is 6. The van der Waals surface area contributed by atoms with E-state index >= 15 is 0 Å². The molecule has 7 heterocycles. The third-order valence-corrected chi connectivity index (χ3v) is 10.5. The van der Waals surface area contributed by atoms with E-state index in [2.05, 4.69) is 41.1 Å². The van der Waals surface area contributed by atoms with Crippen LogP contribution in [-0.2, 0) is 6.42 Å². The Balaban J connectivity index is 1.27. The summed E-state index contributed by atoms with van der Waals surface area (Å²) in [7, 11) is 1.77. The third kappa shape index (κ3) is 2.77. The monoisotopic (exact) mass is 428 g/mol. The Labute approximate surface area is 193 Å². The molecule has 2 aromatic rings. The van der Waals surface area contributed by atoms with Crippen molar-refractivity contribution in [3.63, 3.8) is 0 Å². The molecular formula is C28H37BN2O. The summed E-state index contributed by atoms with van der Waals surface area (Å²) in [4.78, 5) is 6.76. The fourth-order valence-corrected chi connectivity index (χ4v) is 9.07. The molecule has 6 aliphatic heterocycles. The summed E-state index contributed by atoms with van der Waals surface area (Å²) in [6.07, 6.45) is 15.6. The van der Waals surface area contributed by atoms with Gasteiger partial charge in [-0.05, 0) is 49.3 Å². The number of ether oxygens (including phenoxy) is 1. The fraction of sp³-hybridized carbons (Fsp3) is 0.643. The van der Waals surface area contributed by atoms with Gasteiger partial charge in [-0.25, -0.2) is 0 Å². The Morgan fingerprint density at radius 2 is 1.94 bits per heavy atom. The zero-order chi connectivity index (χ0) is 21.4. The van der Waals surface area contributed by atoms with Gasteiger partial charge in [-0.1, -0.05) is 68.1 Å². The van der Waals surface area contributed by atoms with Gasteiger partial charge in [0, 0.05) is 35.2 Å². The molecule has 0 saturated carbocycles. The molecule has 0 radical (unpaired) electrons. The van der Waals surface area contributed by atoms with Crippen LogP contribution < -0.4 is 4.74 Å². The maximum Gasteiger partial charge on any atom is 0.146 e. The van der Waals surface area contributed by atoms with Crippen molar-refractivity contribution in [1.29, 1.82) is 0 Å². The molecule has 5 atom stereocenters. The van der Waals surface area contributed by atoms with Crippen molar-refractivity contribution < 1.29 is 4.74 Å². The minimum Gasteiger partial charge on any atom is -0.497 e. The number of aromatic nitrogens is 1.